The lowest BCUT2D eigenvalue weighted by molar-refractivity contribution is 0.0931. The van der Waals surface area contributed by atoms with Gasteiger partial charge in [-0.15, -0.1) is 0 Å². The van der Waals surface area contributed by atoms with Crippen LogP contribution in [-0.2, 0) is 0 Å². The maximum atomic E-state index is 12.8. The number of ether oxygens (including phenoxy) is 2. The molecule has 4 heteroatoms. The second kappa shape index (κ2) is 7.60. The maximum absolute atomic E-state index is 12.8. The lowest BCUT2D eigenvalue weighted by Gasteiger charge is -2.19. The lowest BCUT2D eigenvalue weighted by Crippen LogP contribution is -2.29. The summed E-state index contributed by atoms with van der Waals surface area (Å²) in [6, 6.07) is 15.5. The van der Waals surface area contributed by atoms with E-state index in [1.54, 1.807) is 25.3 Å². The van der Waals surface area contributed by atoms with Crippen molar-refractivity contribution in [3.8, 4) is 11.5 Å². The van der Waals surface area contributed by atoms with Gasteiger partial charge in [-0.25, -0.2) is 0 Å². The Morgan fingerprint density at radius 2 is 1.80 bits per heavy atom. The molecule has 1 saturated carbocycles. The fourth-order valence-electron chi connectivity index (χ4n) is 2.95. The number of hydrogen-bond acceptors (Lipinski definition) is 3. The topological polar surface area (TPSA) is 47.6 Å². The van der Waals surface area contributed by atoms with Crippen molar-refractivity contribution in [1.82, 2.24) is 5.32 Å². The highest BCUT2D eigenvalue weighted by atomic mass is 16.5. The Labute approximate surface area is 149 Å². The Morgan fingerprint density at radius 1 is 1.08 bits per heavy atom. The predicted octanol–water partition coefficient (Wildman–Crippen LogP) is 4.36. The van der Waals surface area contributed by atoms with Gasteiger partial charge < -0.3 is 14.8 Å². The van der Waals surface area contributed by atoms with Crippen LogP contribution in [0.25, 0.3) is 0 Å². The summed E-state index contributed by atoms with van der Waals surface area (Å²) in [6.45, 7) is 3.92. The van der Waals surface area contributed by atoms with E-state index in [9.17, 15) is 4.79 Å². The smallest absolute Gasteiger partial charge is 0.251 e. The van der Waals surface area contributed by atoms with Crippen LogP contribution in [-0.4, -0.2) is 19.1 Å². The minimum Gasteiger partial charge on any atom is -0.493 e. The van der Waals surface area contributed by atoms with Crippen LogP contribution >= 0.6 is 0 Å². The zero-order valence-electron chi connectivity index (χ0n) is 15.0. The number of nitrogens with one attached hydrogen (secondary N) is 1. The van der Waals surface area contributed by atoms with E-state index in [0.717, 1.165) is 18.4 Å². The third-order valence-electron chi connectivity index (χ3n) is 4.33. The van der Waals surface area contributed by atoms with Crippen LogP contribution in [0.15, 0.2) is 48.5 Å². The van der Waals surface area contributed by atoms with Gasteiger partial charge in [0.05, 0.1) is 19.3 Å². The quantitative estimate of drug-likeness (QED) is 0.815. The summed E-state index contributed by atoms with van der Waals surface area (Å²) in [7, 11) is 1.58. The molecule has 1 atom stereocenters. The van der Waals surface area contributed by atoms with Crippen molar-refractivity contribution in [3.63, 3.8) is 0 Å². The van der Waals surface area contributed by atoms with Crippen molar-refractivity contribution in [2.75, 3.05) is 7.11 Å². The van der Waals surface area contributed by atoms with Crippen molar-refractivity contribution in [3.05, 3.63) is 59.7 Å². The molecule has 2 aromatic carbocycles. The zero-order valence-corrected chi connectivity index (χ0v) is 15.0. The molecule has 132 valence electrons. The van der Waals surface area contributed by atoms with E-state index in [-0.39, 0.29) is 18.1 Å². The number of hydrogen-bond donors (Lipinski definition) is 1. The molecule has 1 aliphatic carbocycles. The van der Waals surface area contributed by atoms with E-state index < -0.39 is 0 Å². The molecule has 1 N–H and O–H groups in total. The maximum Gasteiger partial charge on any atom is 0.251 e. The van der Waals surface area contributed by atoms with Crippen molar-refractivity contribution >= 4 is 5.91 Å². The van der Waals surface area contributed by atoms with Gasteiger partial charge in [0.2, 0.25) is 0 Å². The van der Waals surface area contributed by atoms with Crippen LogP contribution in [0.3, 0.4) is 0 Å². The van der Waals surface area contributed by atoms with E-state index in [0.29, 0.717) is 23.0 Å². The van der Waals surface area contributed by atoms with E-state index in [1.165, 1.54) is 0 Å². The number of benzene rings is 2. The van der Waals surface area contributed by atoms with E-state index in [2.05, 4.69) is 17.4 Å². The number of amides is 1. The Kier molecular flexibility index (Phi) is 5.27. The van der Waals surface area contributed by atoms with Crippen molar-refractivity contribution in [2.45, 2.75) is 38.8 Å². The summed E-state index contributed by atoms with van der Waals surface area (Å²) in [5, 5.41) is 3.19. The molecule has 1 aliphatic rings. The van der Waals surface area contributed by atoms with E-state index >= 15 is 0 Å². The molecule has 1 fully saturated rings. The summed E-state index contributed by atoms with van der Waals surface area (Å²) in [5.74, 6) is 1.66. The summed E-state index contributed by atoms with van der Waals surface area (Å²) in [5.41, 5.74) is 1.74. The second-order valence-corrected chi connectivity index (χ2v) is 6.73. The molecule has 0 aromatic heterocycles. The molecule has 25 heavy (non-hydrogen) atoms. The summed E-state index contributed by atoms with van der Waals surface area (Å²) >= 11 is 0. The molecule has 0 saturated heterocycles. The second-order valence-electron chi connectivity index (χ2n) is 6.73. The number of rotatable bonds is 7. The monoisotopic (exact) mass is 339 g/mol. The van der Waals surface area contributed by atoms with Crippen LogP contribution < -0.4 is 14.8 Å². The Bertz CT molecular complexity index is 723. The molecule has 0 radical (unpaired) electrons. The van der Waals surface area contributed by atoms with E-state index in [1.807, 2.05) is 32.0 Å². The highest BCUT2D eigenvalue weighted by Gasteiger charge is 2.33. The number of carbonyl (C=O) groups is 1. The highest BCUT2D eigenvalue weighted by Crippen LogP contribution is 2.41. The fraction of sp³-hybridized carbons (Fsp3) is 0.381. The Balaban J connectivity index is 1.78. The first-order valence-electron chi connectivity index (χ1n) is 8.79. The van der Waals surface area contributed by atoms with Crippen LogP contribution in [0, 0.1) is 5.92 Å². The van der Waals surface area contributed by atoms with Gasteiger partial charge in [-0.2, -0.15) is 0 Å². The van der Waals surface area contributed by atoms with Gasteiger partial charge in [0.1, 0.15) is 0 Å². The van der Waals surface area contributed by atoms with E-state index in [4.69, 9.17) is 9.47 Å². The fourth-order valence-corrected chi connectivity index (χ4v) is 2.95. The number of carbonyl (C=O) groups excluding carboxylic acids is 1. The summed E-state index contributed by atoms with van der Waals surface area (Å²) < 4.78 is 11.1. The van der Waals surface area contributed by atoms with Crippen LogP contribution in [0.4, 0.5) is 0 Å². The molecule has 2 aromatic rings. The lowest BCUT2D eigenvalue weighted by atomic mass is 10.0. The Hall–Kier alpha value is -2.49. The molecule has 0 heterocycles. The van der Waals surface area contributed by atoms with Crippen molar-refractivity contribution in [2.24, 2.45) is 5.92 Å². The summed E-state index contributed by atoms with van der Waals surface area (Å²) in [4.78, 5) is 12.8. The SMILES string of the molecule is COc1cc(C(=O)NC(c2ccccc2)C2CC2)ccc1OC(C)C. The Morgan fingerprint density at radius 3 is 2.40 bits per heavy atom. The molecule has 1 unspecified atom stereocenters. The minimum absolute atomic E-state index is 0.0471. The number of methoxy groups -OCH3 is 1. The van der Waals surface area contributed by atoms with Crippen molar-refractivity contribution in [1.29, 1.82) is 0 Å². The van der Waals surface area contributed by atoms with Gasteiger partial charge in [0.15, 0.2) is 11.5 Å². The van der Waals surface area contributed by atoms with Crippen LogP contribution in [0.2, 0.25) is 0 Å². The molecule has 4 nitrogen and oxygen atoms in total. The molecule has 1 amide bonds. The average Bonchev–Trinajstić information content (AvgIpc) is 3.45. The third kappa shape index (κ3) is 4.32. The van der Waals surface area contributed by atoms with Crippen LogP contribution in [0.5, 0.6) is 11.5 Å². The first kappa shape index (κ1) is 17.3. The molecular weight excluding hydrogens is 314 g/mol. The largest absolute Gasteiger partial charge is 0.493 e. The summed E-state index contributed by atoms with van der Waals surface area (Å²) in [6.07, 6.45) is 2.36. The van der Waals surface area contributed by atoms with Gasteiger partial charge >= 0.3 is 0 Å². The first-order chi connectivity index (χ1) is 12.1. The van der Waals surface area contributed by atoms with Gasteiger partial charge in [-0.1, -0.05) is 30.3 Å². The molecular formula is C21H25NO3. The zero-order chi connectivity index (χ0) is 17.8. The highest BCUT2D eigenvalue weighted by molar-refractivity contribution is 5.95. The average molecular weight is 339 g/mol. The predicted molar refractivity (Wildman–Crippen MR) is 98.1 cm³/mol. The van der Waals surface area contributed by atoms with Crippen molar-refractivity contribution < 1.29 is 14.3 Å². The first-order valence-corrected chi connectivity index (χ1v) is 8.79. The molecule has 3 rings (SSSR count). The molecule has 0 spiro atoms. The van der Waals surface area contributed by atoms with Gasteiger partial charge in [0, 0.05) is 5.56 Å². The molecule has 0 aliphatic heterocycles. The normalized spacial score (nSPS) is 14.9. The molecule has 0 bridgehead atoms. The van der Waals surface area contributed by atoms with Crippen LogP contribution in [0.1, 0.15) is 48.7 Å². The third-order valence-corrected chi connectivity index (χ3v) is 4.33. The standard InChI is InChI=1S/C21H25NO3/c1-14(2)25-18-12-11-17(13-19(18)24-3)21(23)22-20(16-9-10-16)15-7-5-4-6-8-15/h4-8,11-14,16,20H,9-10H2,1-3H3,(H,22,23). The van der Waals surface area contributed by atoms with Gasteiger partial charge in [-0.05, 0) is 56.4 Å². The minimum atomic E-state index is -0.0878. The van der Waals surface area contributed by atoms with Gasteiger partial charge in [-0.3, -0.25) is 4.79 Å². The van der Waals surface area contributed by atoms with Gasteiger partial charge in [0.25, 0.3) is 5.91 Å².